The van der Waals surface area contributed by atoms with Crippen LogP contribution in [0.3, 0.4) is 0 Å². The van der Waals surface area contributed by atoms with Crippen molar-refractivity contribution in [3.8, 4) is 0 Å². The minimum absolute atomic E-state index is 0.396. The van der Waals surface area contributed by atoms with Crippen molar-refractivity contribution in [1.29, 1.82) is 0 Å². The van der Waals surface area contributed by atoms with Crippen molar-refractivity contribution in [2.75, 3.05) is 0 Å². The lowest BCUT2D eigenvalue weighted by Crippen LogP contribution is -2.39. The van der Waals surface area contributed by atoms with Gasteiger partial charge in [-0.1, -0.05) is 60.2 Å². The first-order valence-electron chi connectivity index (χ1n) is 7.21. The van der Waals surface area contributed by atoms with Crippen LogP contribution in [0.25, 0.3) is 12.2 Å². The quantitative estimate of drug-likeness (QED) is 0.674. The van der Waals surface area contributed by atoms with Gasteiger partial charge >= 0.3 is 0 Å². The van der Waals surface area contributed by atoms with E-state index in [4.69, 9.17) is 0 Å². The molecule has 0 heterocycles. The van der Waals surface area contributed by atoms with Crippen molar-refractivity contribution < 1.29 is 9.59 Å². The van der Waals surface area contributed by atoms with E-state index in [1.54, 1.807) is 12.2 Å². The van der Waals surface area contributed by atoms with Crippen LogP contribution in [0, 0.1) is 6.92 Å². The summed E-state index contributed by atoms with van der Waals surface area (Å²) in [6, 6.07) is 17.2. The van der Waals surface area contributed by atoms with Gasteiger partial charge in [0.2, 0.25) is 0 Å². The topological polar surface area (TPSA) is 58.2 Å². The average molecular weight is 306 g/mol. The normalized spacial score (nSPS) is 10.8. The summed E-state index contributed by atoms with van der Waals surface area (Å²) in [5, 5.41) is 0. The van der Waals surface area contributed by atoms with Gasteiger partial charge in [-0.3, -0.25) is 20.4 Å². The molecule has 0 fully saturated rings. The lowest BCUT2D eigenvalue weighted by Gasteiger charge is -2.01. The third-order valence-corrected chi connectivity index (χ3v) is 3.04. The van der Waals surface area contributed by atoms with E-state index in [2.05, 4.69) is 10.9 Å². The maximum Gasteiger partial charge on any atom is 0.262 e. The van der Waals surface area contributed by atoms with Gasteiger partial charge in [-0.2, -0.15) is 0 Å². The zero-order valence-electron chi connectivity index (χ0n) is 12.8. The van der Waals surface area contributed by atoms with Crippen LogP contribution in [0.5, 0.6) is 0 Å². The smallest absolute Gasteiger partial charge is 0.262 e. The lowest BCUT2D eigenvalue weighted by atomic mass is 10.1. The third-order valence-electron chi connectivity index (χ3n) is 3.04. The SMILES string of the molecule is Cc1ccc(C=CC(=O)NNC(=O)C=Cc2ccccc2)cc1. The monoisotopic (exact) mass is 306 g/mol. The second-order valence-corrected chi connectivity index (χ2v) is 4.97. The summed E-state index contributed by atoms with van der Waals surface area (Å²) in [7, 11) is 0. The second-order valence-electron chi connectivity index (χ2n) is 4.97. The molecule has 2 rings (SSSR count). The number of rotatable bonds is 4. The molecular weight excluding hydrogens is 288 g/mol. The fourth-order valence-corrected chi connectivity index (χ4v) is 1.79. The van der Waals surface area contributed by atoms with Gasteiger partial charge in [0.15, 0.2) is 0 Å². The highest BCUT2D eigenvalue weighted by Gasteiger charge is 1.98. The minimum atomic E-state index is -0.397. The molecule has 2 amide bonds. The van der Waals surface area contributed by atoms with Crippen molar-refractivity contribution in [3.05, 3.63) is 83.4 Å². The second kappa shape index (κ2) is 8.34. The molecule has 0 aliphatic heterocycles. The Balaban J connectivity index is 1.78. The van der Waals surface area contributed by atoms with E-state index in [-0.39, 0.29) is 0 Å². The Morgan fingerprint density at radius 3 is 1.74 bits per heavy atom. The molecule has 0 atom stereocenters. The van der Waals surface area contributed by atoms with Gasteiger partial charge in [0.1, 0.15) is 0 Å². The lowest BCUT2D eigenvalue weighted by molar-refractivity contribution is -0.123. The molecule has 0 saturated carbocycles. The Labute approximate surface area is 135 Å². The molecule has 2 aromatic rings. The number of hydrogen-bond donors (Lipinski definition) is 2. The summed E-state index contributed by atoms with van der Waals surface area (Å²) in [4.78, 5) is 23.2. The number of nitrogens with one attached hydrogen (secondary N) is 2. The summed E-state index contributed by atoms with van der Waals surface area (Å²) in [6.07, 6.45) is 6.08. The number of carbonyl (C=O) groups excluding carboxylic acids is 2. The summed E-state index contributed by atoms with van der Waals surface area (Å²) < 4.78 is 0. The van der Waals surface area contributed by atoms with E-state index >= 15 is 0 Å². The maximum absolute atomic E-state index is 11.6. The largest absolute Gasteiger partial charge is 0.268 e. The fraction of sp³-hybridized carbons (Fsp3) is 0.0526. The van der Waals surface area contributed by atoms with Crippen molar-refractivity contribution in [2.45, 2.75) is 6.92 Å². The number of hydrazine groups is 1. The molecule has 0 aromatic heterocycles. The predicted molar refractivity (Wildman–Crippen MR) is 92.0 cm³/mol. The zero-order valence-corrected chi connectivity index (χ0v) is 12.8. The van der Waals surface area contributed by atoms with Gasteiger partial charge in [0.25, 0.3) is 11.8 Å². The molecule has 0 unspecified atom stereocenters. The molecule has 116 valence electrons. The number of amides is 2. The molecule has 0 spiro atoms. The maximum atomic E-state index is 11.6. The highest BCUT2D eigenvalue weighted by Crippen LogP contribution is 2.04. The van der Waals surface area contributed by atoms with Crippen LogP contribution in [0.4, 0.5) is 0 Å². The van der Waals surface area contributed by atoms with Crippen LogP contribution in [0.1, 0.15) is 16.7 Å². The Hall–Kier alpha value is -3.14. The first-order valence-corrected chi connectivity index (χ1v) is 7.21. The molecule has 0 aliphatic rings. The summed E-state index contributed by atoms with van der Waals surface area (Å²) in [5.41, 5.74) is 7.63. The van der Waals surface area contributed by atoms with Gasteiger partial charge in [0.05, 0.1) is 0 Å². The van der Waals surface area contributed by atoms with E-state index in [0.717, 1.165) is 16.7 Å². The van der Waals surface area contributed by atoms with Crippen LogP contribution in [0.2, 0.25) is 0 Å². The van der Waals surface area contributed by atoms with E-state index < -0.39 is 11.8 Å². The van der Waals surface area contributed by atoms with Crippen LogP contribution in [-0.2, 0) is 9.59 Å². The summed E-state index contributed by atoms with van der Waals surface area (Å²) >= 11 is 0. The highest BCUT2D eigenvalue weighted by molar-refractivity contribution is 5.96. The van der Waals surface area contributed by atoms with Crippen molar-refractivity contribution in [2.24, 2.45) is 0 Å². The molecule has 4 nitrogen and oxygen atoms in total. The summed E-state index contributed by atoms with van der Waals surface area (Å²) in [5.74, 6) is -0.794. The van der Waals surface area contributed by atoms with Gasteiger partial charge in [0, 0.05) is 12.2 Å². The molecule has 4 heteroatoms. The molecule has 2 aromatic carbocycles. The Bertz CT molecular complexity index is 717. The predicted octanol–water partition coefficient (Wildman–Crippen LogP) is 2.87. The zero-order chi connectivity index (χ0) is 16.5. The van der Waals surface area contributed by atoms with E-state index in [9.17, 15) is 9.59 Å². The first-order chi connectivity index (χ1) is 11.1. The van der Waals surface area contributed by atoms with Gasteiger partial charge in [-0.25, -0.2) is 0 Å². The van der Waals surface area contributed by atoms with Crippen molar-refractivity contribution >= 4 is 24.0 Å². The van der Waals surface area contributed by atoms with Gasteiger partial charge in [-0.05, 0) is 30.2 Å². The van der Waals surface area contributed by atoms with E-state index in [0.29, 0.717) is 0 Å². The van der Waals surface area contributed by atoms with Gasteiger partial charge in [-0.15, -0.1) is 0 Å². The Morgan fingerprint density at radius 1 is 0.739 bits per heavy atom. The molecule has 0 aliphatic carbocycles. The molecular formula is C19H18N2O2. The highest BCUT2D eigenvalue weighted by atomic mass is 16.2. The van der Waals surface area contributed by atoms with Crippen molar-refractivity contribution in [1.82, 2.24) is 10.9 Å². The van der Waals surface area contributed by atoms with Gasteiger partial charge < -0.3 is 0 Å². The standard InChI is InChI=1S/C19H18N2O2/c1-15-7-9-17(10-8-15)12-14-19(23)21-20-18(22)13-11-16-5-3-2-4-6-16/h2-14H,1H3,(H,20,22)(H,21,23). The Morgan fingerprint density at radius 2 is 1.22 bits per heavy atom. The molecule has 2 N–H and O–H groups in total. The number of hydrogen-bond acceptors (Lipinski definition) is 2. The fourth-order valence-electron chi connectivity index (χ4n) is 1.79. The minimum Gasteiger partial charge on any atom is -0.268 e. The van der Waals surface area contributed by atoms with Crippen LogP contribution in [0.15, 0.2) is 66.7 Å². The van der Waals surface area contributed by atoms with Crippen LogP contribution >= 0.6 is 0 Å². The summed E-state index contributed by atoms with van der Waals surface area (Å²) in [6.45, 7) is 2.00. The first kappa shape index (κ1) is 16.2. The third kappa shape index (κ3) is 6.01. The van der Waals surface area contributed by atoms with E-state index in [1.165, 1.54) is 12.2 Å². The number of carbonyl (C=O) groups is 2. The Kier molecular flexibility index (Phi) is 5.89. The van der Waals surface area contributed by atoms with Crippen LogP contribution < -0.4 is 10.9 Å². The van der Waals surface area contributed by atoms with Crippen molar-refractivity contribution in [3.63, 3.8) is 0 Å². The average Bonchev–Trinajstić information content (AvgIpc) is 2.58. The van der Waals surface area contributed by atoms with E-state index in [1.807, 2.05) is 61.5 Å². The molecule has 0 radical (unpaired) electrons. The number of aryl methyl sites for hydroxylation is 1. The number of benzene rings is 2. The van der Waals surface area contributed by atoms with Crippen LogP contribution in [-0.4, -0.2) is 11.8 Å². The molecule has 0 saturated heterocycles. The molecule has 23 heavy (non-hydrogen) atoms. The molecule has 0 bridgehead atoms.